The van der Waals surface area contributed by atoms with Gasteiger partial charge in [-0.25, -0.2) is 9.97 Å². The van der Waals surface area contributed by atoms with E-state index in [4.69, 9.17) is 0 Å². The third-order valence-corrected chi connectivity index (χ3v) is 2.74. The Bertz CT molecular complexity index is 271. The zero-order valence-corrected chi connectivity index (χ0v) is 10.9. The van der Waals surface area contributed by atoms with Crippen LogP contribution in [0.3, 0.4) is 0 Å². The summed E-state index contributed by atoms with van der Waals surface area (Å²) >= 11 is 2.20. The van der Waals surface area contributed by atoms with Gasteiger partial charge in [-0.3, -0.25) is 0 Å². The second kappa shape index (κ2) is 5.48. The fraction of sp³-hybridized carbons (Fsp3) is 0.600. The number of nitrogens with zero attached hydrogens (tertiary/aromatic N) is 2. The van der Waals surface area contributed by atoms with Crippen molar-refractivity contribution in [2.75, 3.05) is 5.32 Å². The second-order valence-corrected chi connectivity index (χ2v) is 4.87. The number of rotatable bonds is 4. The molecule has 1 rings (SSSR count). The summed E-state index contributed by atoms with van der Waals surface area (Å²) in [7, 11) is 0. The van der Waals surface area contributed by atoms with Gasteiger partial charge in [0, 0.05) is 22.0 Å². The fourth-order valence-electron chi connectivity index (χ4n) is 1.29. The summed E-state index contributed by atoms with van der Waals surface area (Å²) in [6.07, 6.45) is 4.74. The summed E-state index contributed by atoms with van der Waals surface area (Å²) in [4.78, 5) is 8.44. The minimum Gasteiger partial charge on any atom is -0.351 e. The van der Waals surface area contributed by atoms with E-state index in [-0.39, 0.29) is 0 Å². The van der Waals surface area contributed by atoms with Crippen molar-refractivity contribution in [2.45, 2.75) is 33.2 Å². The van der Waals surface area contributed by atoms with Crippen molar-refractivity contribution in [3.8, 4) is 0 Å². The van der Waals surface area contributed by atoms with E-state index in [2.05, 4.69) is 58.6 Å². The van der Waals surface area contributed by atoms with E-state index in [1.54, 1.807) is 0 Å². The summed E-state index contributed by atoms with van der Waals surface area (Å²) in [6, 6.07) is 0.454. The van der Waals surface area contributed by atoms with Crippen LogP contribution < -0.4 is 5.32 Å². The van der Waals surface area contributed by atoms with Crippen LogP contribution in [0.25, 0.3) is 0 Å². The highest BCUT2D eigenvalue weighted by Gasteiger charge is 2.11. The van der Waals surface area contributed by atoms with E-state index in [1.165, 1.54) is 0 Å². The van der Waals surface area contributed by atoms with Crippen LogP contribution in [-0.4, -0.2) is 16.0 Å². The molecule has 1 atom stereocenters. The van der Waals surface area contributed by atoms with Crippen LogP contribution in [0.15, 0.2) is 12.4 Å². The molecule has 0 aromatic carbocycles. The third-order valence-electron chi connectivity index (χ3n) is 2.18. The molecule has 0 aliphatic rings. The molecule has 1 N–H and O–H groups in total. The van der Waals surface area contributed by atoms with Crippen LogP contribution in [-0.2, 0) is 0 Å². The van der Waals surface area contributed by atoms with Crippen molar-refractivity contribution in [1.29, 1.82) is 0 Å². The molecule has 0 radical (unpaired) electrons. The molecule has 14 heavy (non-hydrogen) atoms. The minimum atomic E-state index is 0.454. The van der Waals surface area contributed by atoms with Crippen molar-refractivity contribution in [2.24, 2.45) is 5.92 Å². The molecular formula is C10H16IN3. The maximum atomic E-state index is 4.22. The Morgan fingerprint density at radius 2 is 1.93 bits per heavy atom. The first-order chi connectivity index (χ1) is 6.63. The predicted molar refractivity (Wildman–Crippen MR) is 67.3 cm³/mol. The van der Waals surface area contributed by atoms with Crippen molar-refractivity contribution in [3.63, 3.8) is 0 Å². The minimum absolute atomic E-state index is 0.454. The number of anilines is 1. The number of hydrogen-bond donors (Lipinski definition) is 1. The van der Waals surface area contributed by atoms with Gasteiger partial charge in [-0.1, -0.05) is 20.8 Å². The quantitative estimate of drug-likeness (QED) is 0.869. The third kappa shape index (κ3) is 3.40. The maximum absolute atomic E-state index is 4.22. The van der Waals surface area contributed by atoms with Crippen molar-refractivity contribution in [3.05, 3.63) is 16.0 Å². The molecule has 1 unspecified atom stereocenters. The Kier molecular flexibility index (Phi) is 4.57. The predicted octanol–water partition coefficient (Wildman–Crippen LogP) is 2.93. The molecule has 3 nitrogen and oxygen atoms in total. The summed E-state index contributed by atoms with van der Waals surface area (Å²) in [5.41, 5.74) is 0. The van der Waals surface area contributed by atoms with Crippen LogP contribution in [0.2, 0.25) is 0 Å². The lowest BCUT2D eigenvalue weighted by atomic mass is 10.0. The summed E-state index contributed by atoms with van der Waals surface area (Å²) < 4.78 is 1.06. The molecule has 0 aliphatic carbocycles. The number of aromatic nitrogens is 2. The van der Waals surface area contributed by atoms with Gasteiger partial charge in [-0.05, 0) is 34.9 Å². The molecule has 4 heteroatoms. The van der Waals surface area contributed by atoms with Gasteiger partial charge in [0.2, 0.25) is 5.95 Å². The average Bonchev–Trinajstić information content (AvgIpc) is 2.16. The van der Waals surface area contributed by atoms with Gasteiger partial charge < -0.3 is 5.32 Å². The summed E-state index contributed by atoms with van der Waals surface area (Å²) in [6.45, 7) is 6.58. The Balaban J connectivity index is 2.63. The van der Waals surface area contributed by atoms with E-state index in [9.17, 15) is 0 Å². The van der Waals surface area contributed by atoms with E-state index in [1.807, 2.05) is 12.4 Å². The van der Waals surface area contributed by atoms with Crippen molar-refractivity contribution in [1.82, 2.24) is 9.97 Å². The van der Waals surface area contributed by atoms with E-state index in [0.29, 0.717) is 12.0 Å². The van der Waals surface area contributed by atoms with Crippen LogP contribution in [0.4, 0.5) is 5.95 Å². The zero-order chi connectivity index (χ0) is 10.6. The average molecular weight is 305 g/mol. The lowest BCUT2D eigenvalue weighted by molar-refractivity contribution is 0.508. The lowest BCUT2D eigenvalue weighted by Gasteiger charge is -2.20. The summed E-state index contributed by atoms with van der Waals surface area (Å²) in [5.74, 6) is 1.33. The van der Waals surface area contributed by atoms with E-state index < -0.39 is 0 Å². The molecule has 0 bridgehead atoms. The largest absolute Gasteiger partial charge is 0.351 e. The van der Waals surface area contributed by atoms with Crippen LogP contribution in [0.5, 0.6) is 0 Å². The first-order valence-corrected chi connectivity index (χ1v) is 5.95. The molecule has 0 aliphatic heterocycles. The molecule has 0 spiro atoms. The van der Waals surface area contributed by atoms with Gasteiger partial charge in [0.25, 0.3) is 0 Å². The normalized spacial score (nSPS) is 12.9. The van der Waals surface area contributed by atoms with Gasteiger partial charge in [-0.15, -0.1) is 0 Å². The molecule has 0 saturated heterocycles. The first kappa shape index (κ1) is 11.7. The lowest BCUT2D eigenvalue weighted by Crippen LogP contribution is -2.25. The molecule has 78 valence electrons. The Morgan fingerprint density at radius 1 is 1.36 bits per heavy atom. The number of nitrogens with one attached hydrogen (secondary N) is 1. The number of hydrogen-bond acceptors (Lipinski definition) is 3. The Labute approximate surface area is 98.9 Å². The van der Waals surface area contributed by atoms with Gasteiger partial charge in [-0.2, -0.15) is 0 Å². The van der Waals surface area contributed by atoms with Crippen LogP contribution >= 0.6 is 22.6 Å². The van der Waals surface area contributed by atoms with Gasteiger partial charge in [0.15, 0.2) is 0 Å². The van der Waals surface area contributed by atoms with E-state index in [0.717, 1.165) is 15.9 Å². The Morgan fingerprint density at radius 3 is 2.36 bits per heavy atom. The molecule has 0 fully saturated rings. The molecule has 0 amide bonds. The highest BCUT2D eigenvalue weighted by molar-refractivity contribution is 14.1. The van der Waals surface area contributed by atoms with Crippen molar-refractivity contribution < 1.29 is 0 Å². The highest BCUT2D eigenvalue weighted by atomic mass is 127. The first-order valence-electron chi connectivity index (χ1n) is 4.87. The molecule has 0 saturated carbocycles. The number of halogens is 1. The second-order valence-electron chi connectivity index (χ2n) is 3.63. The monoisotopic (exact) mass is 305 g/mol. The van der Waals surface area contributed by atoms with Gasteiger partial charge in [0.1, 0.15) is 0 Å². The molecule has 1 heterocycles. The van der Waals surface area contributed by atoms with Crippen molar-refractivity contribution >= 4 is 28.5 Å². The zero-order valence-electron chi connectivity index (χ0n) is 8.79. The SMILES string of the molecule is CCC(Nc1ncc(I)cn1)C(C)C. The molecular weight excluding hydrogens is 289 g/mol. The standard InChI is InChI=1S/C10H16IN3/c1-4-9(7(2)3)14-10-12-5-8(11)6-13-10/h5-7,9H,4H2,1-3H3,(H,12,13,14). The Hall–Kier alpha value is -0.390. The summed E-state index contributed by atoms with van der Waals surface area (Å²) in [5, 5.41) is 3.33. The maximum Gasteiger partial charge on any atom is 0.222 e. The van der Waals surface area contributed by atoms with Crippen LogP contribution in [0, 0.1) is 9.49 Å². The van der Waals surface area contributed by atoms with Crippen LogP contribution in [0.1, 0.15) is 27.2 Å². The fourth-order valence-corrected chi connectivity index (χ4v) is 1.57. The topological polar surface area (TPSA) is 37.8 Å². The highest BCUT2D eigenvalue weighted by Crippen LogP contribution is 2.11. The van der Waals surface area contributed by atoms with Gasteiger partial charge >= 0.3 is 0 Å². The van der Waals surface area contributed by atoms with Gasteiger partial charge in [0.05, 0.1) is 0 Å². The smallest absolute Gasteiger partial charge is 0.222 e. The molecule has 1 aromatic rings. The van der Waals surface area contributed by atoms with E-state index >= 15 is 0 Å². The molecule has 1 aromatic heterocycles.